The molecule has 0 aliphatic carbocycles. The summed E-state index contributed by atoms with van der Waals surface area (Å²) in [7, 11) is 1.58. The molecule has 2 rings (SSSR count). The molecule has 0 unspecified atom stereocenters. The number of ketones is 1. The summed E-state index contributed by atoms with van der Waals surface area (Å²) in [6.07, 6.45) is 0.992. The maximum atomic E-state index is 12.3. The van der Waals surface area contributed by atoms with Crippen molar-refractivity contribution in [2.45, 2.75) is 0 Å². The van der Waals surface area contributed by atoms with E-state index in [1.165, 1.54) is 0 Å². The summed E-state index contributed by atoms with van der Waals surface area (Å²) in [5.74, 6) is 0.367. The molecule has 112 valence electrons. The molecule has 0 atom stereocenters. The second kappa shape index (κ2) is 7.58. The minimum Gasteiger partial charge on any atom is -0.497 e. The summed E-state index contributed by atoms with van der Waals surface area (Å²) in [5.41, 5.74) is 3.86. The summed E-state index contributed by atoms with van der Waals surface area (Å²) in [5, 5.41) is 15.6. The van der Waals surface area contributed by atoms with Gasteiger partial charge >= 0.3 is 0 Å². The van der Waals surface area contributed by atoms with E-state index in [1.807, 2.05) is 6.07 Å². The second-order valence-electron chi connectivity index (χ2n) is 4.28. The van der Waals surface area contributed by atoms with Gasteiger partial charge in [0.15, 0.2) is 5.71 Å². The van der Waals surface area contributed by atoms with Crippen LogP contribution in [0.25, 0.3) is 0 Å². The van der Waals surface area contributed by atoms with Crippen molar-refractivity contribution in [3.63, 3.8) is 0 Å². The Labute approximate surface area is 127 Å². The fraction of sp³-hybridized carbons (Fsp3) is 0.0625. The van der Waals surface area contributed by atoms with Gasteiger partial charge in [0.25, 0.3) is 0 Å². The number of methoxy groups -OCH3 is 1. The van der Waals surface area contributed by atoms with Gasteiger partial charge < -0.3 is 9.94 Å². The van der Waals surface area contributed by atoms with E-state index >= 15 is 0 Å². The molecule has 0 heterocycles. The number of anilines is 1. The van der Waals surface area contributed by atoms with E-state index in [0.29, 0.717) is 17.0 Å². The molecule has 0 bridgehead atoms. The lowest BCUT2D eigenvalue weighted by atomic mass is 10.1. The normalized spacial score (nSPS) is 11.4. The average molecular weight is 297 g/mol. The smallest absolute Gasteiger partial charge is 0.214 e. The van der Waals surface area contributed by atoms with Crippen LogP contribution < -0.4 is 10.2 Å². The molecular formula is C16H15N3O3. The number of ether oxygens (including phenoxy) is 1. The van der Waals surface area contributed by atoms with Crippen LogP contribution in [0, 0.1) is 0 Å². The van der Waals surface area contributed by atoms with E-state index in [4.69, 9.17) is 9.94 Å². The molecule has 6 heteroatoms. The number of carbonyl (C=O) groups is 1. The minimum absolute atomic E-state index is 0.00971. The van der Waals surface area contributed by atoms with Gasteiger partial charge in [0.1, 0.15) is 5.75 Å². The third-order valence-corrected chi connectivity index (χ3v) is 2.84. The van der Waals surface area contributed by atoms with E-state index in [-0.39, 0.29) is 11.5 Å². The number of rotatable bonds is 6. The van der Waals surface area contributed by atoms with E-state index in [2.05, 4.69) is 15.7 Å². The highest BCUT2D eigenvalue weighted by molar-refractivity contribution is 6.64. The number of nitrogens with zero attached hydrogens (tertiary/aromatic N) is 2. The van der Waals surface area contributed by atoms with Crippen LogP contribution in [0.4, 0.5) is 5.69 Å². The van der Waals surface area contributed by atoms with Gasteiger partial charge in [-0.15, -0.1) is 0 Å². The van der Waals surface area contributed by atoms with Gasteiger partial charge in [-0.1, -0.05) is 35.5 Å². The van der Waals surface area contributed by atoms with Crippen LogP contribution >= 0.6 is 0 Å². The first-order valence-corrected chi connectivity index (χ1v) is 6.49. The largest absolute Gasteiger partial charge is 0.497 e. The lowest BCUT2D eigenvalue weighted by molar-refractivity contribution is 0.106. The van der Waals surface area contributed by atoms with Crippen molar-refractivity contribution in [1.29, 1.82) is 0 Å². The summed E-state index contributed by atoms with van der Waals surface area (Å²) >= 11 is 0. The maximum Gasteiger partial charge on any atom is 0.214 e. The number of Topliss-reactive ketones (excluding diaryl/α,β-unsaturated/α-hetero) is 1. The molecule has 22 heavy (non-hydrogen) atoms. The molecule has 2 aromatic carbocycles. The third-order valence-electron chi connectivity index (χ3n) is 2.84. The summed E-state index contributed by atoms with van der Waals surface area (Å²) in [4.78, 5) is 12.3. The number of hydrazone groups is 1. The van der Waals surface area contributed by atoms with Gasteiger partial charge in [-0.3, -0.25) is 10.2 Å². The number of nitrogens with one attached hydrogen (secondary N) is 1. The zero-order valence-electron chi connectivity index (χ0n) is 11.9. The van der Waals surface area contributed by atoms with Crippen molar-refractivity contribution in [1.82, 2.24) is 0 Å². The predicted octanol–water partition coefficient (Wildman–Crippen LogP) is 2.81. The molecule has 0 saturated heterocycles. The Balaban J connectivity index is 2.18. The SMILES string of the molecule is COc1ccc(NN=C(C=NO)C(=O)c2ccccc2)cc1. The van der Waals surface area contributed by atoms with Crippen LogP contribution in [0.3, 0.4) is 0 Å². The Morgan fingerprint density at radius 1 is 1.14 bits per heavy atom. The zero-order valence-corrected chi connectivity index (χ0v) is 11.9. The number of benzene rings is 2. The Bertz CT molecular complexity index is 680. The van der Waals surface area contributed by atoms with E-state index in [0.717, 1.165) is 6.21 Å². The lowest BCUT2D eigenvalue weighted by Crippen LogP contribution is -2.17. The van der Waals surface area contributed by atoms with Gasteiger partial charge in [-0.2, -0.15) is 5.10 Å². The first-order valence-electron chi connectivity index (χ1n) is 6.49. The number of hydrogen-bond acceptors (Lipinski definition) is 6. The van der Waals surface area contributed by atoms with Crippen LogP contribution in [0.1, 0.15) is 10.4 Å². The molecule has 0 aliphatic rings. The van der Waals surface area contributed by atoms with Gasteiger partial charge in [-0.25, -0.2) is 0 Å². The van der Waals surface area contributed by atoms with E-state index < -0.39 is 0 Å². The summed E-state index contributed by atoms with van der Waals surface area (Å²) in [6, 6.07) is 15.7. The van der Waals surface area contributed by atoms with Crippen molar-refractivity contribution >= 4 is 23.4 Å². The molecule has 0 fully saturated rings. The monoisotopic (exact) mass is 297 g/mol. The average Bonchev–Trinajstić information content (AvgIpc) is 2.59. The number of hydrogen-bond donors (Lipinski definition) is 2. The van der Waals surface area contributed by atoms with Gasteiger partial charge in [0.2, 0.25) is 5.78 Å². The lowest BCUT2D eigenvalue weighted by Gasteiger charge is -2.04. The highest BCUT2D eigenvalue weighted by Gasteiger charge is 2.12. The van der Waals surface area contributed by atoms with Crippen molar-refractivity contribution in [3.8, 4) is 5.75 Å². The molecule has 0 aliphatic heterocycles. The van der Waals surface area contributed by atoms with Crippen molar-refractivity contribution < 1.29 is 14.7 Å². The van der Waals surface area contributed by atoms with Gasteiger partial charge in [-0.05, 0) is 24.3 Å². The van der Waals surface area contributed by atoms with Crippen molar-refractivity contribution in [2.24, 2.45) is 10.3 Å². The van der Waals surface area contributed by atoms with Crippen LogP contribution in [0.5, 0.6) is 5.75 Å². The van der Waals surface area contributed by atoms with Crippen LogP contribution in [-0.2, 0) is 0 Å². The predicted molar refractivity (Wildman–Crippen MR) is 85.1 cm³/mol. The summed E-state index contributed by atoms with van der Waals surface area (Å²) < 4.78 is 5.06. The quantitative estimate of drug-likeness (QED) is 0.372. The molecule has 0 spiro atoms. The molecule has 6 nitrogen and oxygen atoms in total. The fourth-order valence-electron chi connectivity index (χ4n) is 1.72. The Morgan fingerprint density at radius 2 is 1.82 bits per heavy atom. The van der Waals surface area contributed by atoms with Crippen LogP contribution in [0.15, 0.2) is 64.9 Å². The topological polar surface area (TPSA) is 83.3 Å². The van der Waals surface area contributed by atoms with E-state index in [9.17, 15) is 4.79 Å². The standard InChI is InChI=1S/C16H15N3O3/c1-22-14-9-7-13(8-10-14)18-19-15(11-17-21)16(20)12-5-3-2-4-6-12/h2-11,18,21H,1H3. The first kappa shape index (κ1) is 15.2. The molecular weight excluding hydrogens is 282 g/mol. The first-order chi connectivity index (χ1) is 10.7. The Morgan fingerprint density at radius 3 is 2.41 bits per heavy atom. The molecule has 0 saturated carbocycles. The molecule has 2 aromatic rings. The Hall–Kier alpha value is -3.15. The zero-order chi connectivity index (χ0) is 15.8. The highest BCUT2D eigenvalue weighted by atomic mass is 16.5. The molecule has 0 amide bonds. The second-order valence-corrected chi connectivity index (χ2v) is 4.28. The van der Waals surface area contributed by atoms with Crippen molar-refractivity contribution in [3.05, 3.63) is 60.2 Å². The minimum atomic E-state index is -0.348. The Kier molecular flexibility index (Phi) is 5.25. The van der Waals surface area contributed by atoms with Crippen LogP contribution in [-0.4, -0.2) is 30.0 Å². The molecule has 2 N–H and O–H groups in total. The maximum absolute atomic E-state index is 12.3. The van der Waals surface area contributed by atoms with Crippen LogP contribution in [0.2, 0.25) is 0 Å². The number of carbonyl (C=O) groups excluding carboxylic acids is 1. The summed E-state index contributed by atoms with van der Waals surface area (Å²) in [6.45, 7) is 0. The third kappa shape index (κ3) is 3.92. The van der Waals surface area contributed by atoms with Gasteiger partial charge in [0, 0.05) is 5.56 Å². The fourth-order valence-corrected chi connectivity index (χ4v) is 1.72. The molecule has 0 aromatic heterocycles. The van der Waals surface area contributed by atoms with Gasteiger partial charge in [0.05, 0.1) is 19.0 Å². The van der Waals surface area contributed by atoms with E-state index in [1.54, 1.807) is 55.6 Å². The number of oxime groups is 1. The molecule has 0 radical (unpaired) electrons. The highest BCUT2D eigenvalue weighted by Crippen LogP contribution is 2.15. The van der Waals surface area contributed by atoms with Crippen molar-refractivity contribution in [2.75, 3.05) is 12.5 Å².